The summed E-state index contributed by atoms with van der Waals surface area (Å²) in [4.78, 5) is 15.5. The van der Waals surface area contributed by atoms with Crippen LogP contribution >= 0.6 is 11.9 Å². The van der Waals surface area contributed by atoms with Gasteiger partial charge in [0.2, 0.25) is 5.91 Å². The molecule has 1 saturated heterocycles. The minimum Gasteiger partial charge on any atom is -0.325 e. The van der Waals surface area contributed by atoms with Crippen LogP contribution in [0.25, 0.3) is 0 Å². The molecule has 4 rings (SSSR count). The van der Waals surface area contributed by atoms with Gasteiger partial charge >= 0.3 is 0 Å². The molecule has 0 saturated carbocycles. The van der Waals surface area contributed by atoms with E-state index < -0.39 is 15.8 Å². The summed E-state index contributed by atoms with van der Waals surface area (Å²) < 4.78 is 40.9. The van der Waals surface area contributed by atoms with E-state index in [1.807, 2.05) is 13.0 Å². The lowest BCUT2D eigenvalue weighted by molar-refractivity contribution is -0.115. The Hall–Kier alpha value is -2.14. The Labute approximate surface area is 173 Å². The molecule has 0 radical (unpaired) electrons. The Kier molecular flexibility index (Phi) is 5.52. The average molecular weight is 437 g/mol. The summed E-state index contributed by atoms with van der Waals surface area (Å²) in [5.74, 6) is -0.653. The van der Waals surface area contributed by atoms with Gasteiger partial charge in [-0.1, -0.05) is 18.0 Å². The fourth-order valence-electron chi connectivity index (χ4n) is 3.46. The van der Waals surface area contributed by atoms with Crippen LogP contribution in [0.4, 0.5) is 15.8 Å². The Morgan fingerprint density at radius 3 is 2.69 bits per heavy atom. The molecule has 1 amide bonds. The highest BCUT2D eigenvalue weighted by atomic mass is 32.2. The van der Waals surface area contributed by atoms with Gasteiger partial charge in [0.25, 0.3) is 10.0 Å². The summed E-state index contributed by atoms with van der Waals surface area (Å²) in [6.45, 7) is 2.23. The number of benzene rings is 2. The molecule has 2 atom stereocenters. The maximum atomic E-state index is 13.2. The normalized spacial score (nSPS) is 21.7. The molecule has 0 spiro atoms. The molecule has 0 aliphatic carbocycles. The molecule has 29 heavy (non-hydrogen) atoms. The van der Waals surface area contributed by atoms with E-state index in [1.165, 1.54) is 28.4 Å². The van der Waals surface area contributed by atoms with Crippen molar-refractivity contribution in [1.29, 1.82) is 0 Å². The lowest BCUT2D eigenvalue weighted by atomic mass is 10.0. The smallest absolute Gasteiger partial charge is 0.264 e. The first-order valence-electron chi connectivity index (χ1n) is 9.24. The van der Waals surface area contributed by atoms with Crippen molar-refractivity contribution in [3.05, 3.63) is 53.8 Å². The molecule has 154 valence electrons. The molecule has 1 fully saturated rings. The summed E-state index contributed by atoms with van der Waals surface area (Å²) in [5, 5.41) is 2.57. The number of hydrazine groups is 1. The SMILES string of the molecule is CC1NNSC1C(=O)Nc1ccc2c(c1)N(S(=O)(=O)c1ccc(F)cc1)CCC2. The standard InChI is InChI=1S/C19H21FN4O3S2/c1-12-18(28-23-22-12)19(25)21-15-7-4-13-3-2-10-24(17(13)11-15)29(26,27)16-8-5-14(20)6-9-16/h4-9,11-12,18,22-23H,2-3,10H2,1H3,(H,21,25). The molecule has 2 aromatic rings. The van der Waals surface area contributed by atoms with Gasteiger partial charge in [0.15, 0.2) is 0 Å². The summed E-state index contributed by atoms with van der Waals surface area (Å²) in [6.07, 6.45) is 1.44. The molecule has 2 heterocycles. The zero-order valence-corrected chi connectivity index (χ0v) is 17.3. The maximum Gasteiger partial charge on any atom is 0.264 e. The highest BCUT2D eigenvalue weighted by Crippen LogP contribution is 2.34. The monoisotopic (exact) mass is 436 g/mol. The zero-order valence-electron chi connectivity index (χ0n) is 15.7. The van der Waals surface area contributed by atoms with Crippen molar-refractivity contribution in [3.63, 3.8) is 0 Å². The van der Waals surface area contributed by atoms with Crippen LogP contribution in [0.2, 0.25) is 0 Å². The highest BCUT2D eigenvalue weighted by Gasteiger charge is 2.32. The summed E-state index contributed by atoms with van der Waals surface area (Å²) in [5.41, 5.74) is 4.95. The molecule has 0 aromatic heterocycles. The molecule has 10 heteroatoms. The van der Waals surface area contributed by atoms with Gasteiger partial charge in [-0.15, -0.1) is 0 Å². The number of hydrogen-bond acceptors (Lipinski definition) is 6. The highest BCUT2D eigenvalue weighted by molar-refractivity contribution is 7.99. The van der Waals surface area contributed by atoms with E-state index in [1.54, 1.807) is 12.1 Å². The van der Waals surface area contributed by atoms with Crippen molar-refractivity contribution in [2.45, 2.75) is 36.0 Å². The van der Waals surface area contributed by atoms with Gasteiger partial charge in [-0.2, -0.15) is 0 Å². The molecule has 2 aliphatic heterocycles. The topological polar surface area (TPSA) is 90.5 Å². The van der Waals surface area contributed by atoms with Crippen LogP contribution in [-0.4, -0.2) is 32.2 Å². The van der Waals surface area contributed by atoms with E-state index in [0.717, 1.165) is 24.1 Å². The van der Waals surface area contributed by atoms with Gasteiger partial charge in [-0.3, -0.25) is 9.10 Å². The van der Waals surface area contributed by atoms with Crippen LogP contribution in [0.1, 0.15) is 18.9 Å². The van der Waals surface area contributed by atoms with Crippen molar-refractivity contribution in [1.82, 2.24) is 10.3 Å². The van der Waals surface area contributed by atoms with Gasteiger partial charge < -0.3 is 5.32 Å². The third kappa shape index (κ3) is 3.97. The first-order chi connectivity index (χ1) is 13.9. The molecule has 2 unspecified atom stereocenters. The number of carbonyl (C=O) groups is 1. The third-order valence-corrected chi connectivity index (χ3v) is 7.95. The Morgan fingerprint density at radius 2 is 2.00 bits per heavy atom. The predicted molar refractivity (Wildman–Crippen MR) is 111 cm³/mol. The lowest BCUT2D eigenvalue weighted by Gasteiger charge is -2.31. The van der Waals surface area contributed by atoms with E-state index in [0.29, 0.717) is 24.3 Å². The Balaban J connectivity index is 1.63. The van der Waals surface area contributed by atoms with E-state index >= 15 is 0 Å². The number of aryl methyl sites for hydroxylation is 1. The summed E-state index contributed by atoms with van der Waals surface area (Å²) in [7, 11) is -3.83. The molecule has 7 nitrogen and oxygen atoms in total. The lowest BCUT2D eigenvalue weighted by Crippen LogP contribution is -2.37. The van der Waals surface area contributed by atoms with Crippen LogP contribution in [0, 0.1) is 5.82 Å². The number of amides is 1. The van der Waals surface area contributed by atoms with E-state index in [-0.39, 0.29) is 22.1 Å². The molecule has 2 aliphatic rings. The molecular weight excluding hydrogens is 415 g/mol. The van der Waals surface area contributed by atoms with Gasteiger partial charge in [0.1, 0.15) is 11.1 Å². The number of sulfonamides is 1. The second-order valence-corrected chi connectivity index (χ2v) is 9.85. The third-order valence-electron chi connectivity index (χ3n) is 5.02. The largest absolute Gasteiger partial charge is 0.325 e. The molecular formula is C19H21FN4O3S2. The Bertz CT molecular complexity index is 1030. The number of hydrogen-bond donors (Lipinski definition) is 3. The molecule has 0 bridgehead atoms. The van der Waals surface area contributed by atoms with E-state index in [9.17, 15) is 17.6 Å². The van der Waals surface area contributed by atoms with E-state index in [2.05, 4.69) is 15.6 Å². The Morgan fingerprint density at radius 1 is 1.24 bits per heavy atom. The summed E-state index contributed by atoms with van der Waals surface area (Å²) in [6, 6.07) is 10.1. The fourth-order valence-corrected chi connectivity index (χ4v) is 5.82. The zero-order chi connectivity index (χ0) is 20.6. The van der Waals surface area contributed by atoms with Gasteiger partial charge in [0, 0.05) is 18.3 Å². The van der Waals surface area contributed by atoms with Crippen molar-refractivity contribution < 1.29 is 17.6 Å². The fraction of sp³-hybridized carbons (Fsp3) is 0.316. The number of rotatable bonds is 4. The number of nitrogens with one attached hydrogen (secondary N) is 3. The van der Waals surface area contributed by atoms with Crippen molar-refractivity contribution in [2.75, 3.05) is 16.2 Å². The van der Waals surface area contributed by atoms with Gasteiger partial charge in [-0.25, -0.2) is 23.1 Å². The molecule has 2 aromatic carbocycles. The van der Waals surface area contributed by atoms with Crippen molar-refractivity contribution >= 4 is 39.3 Å². The minimum atomic E-state index is -3.83. The van der Waals surface area contributed by atoms with Crippen molar-refractivity contribution in [3.8, 4) is 0 Å². The second kappa shape index (κ2) is 7.94. The number of fused-ring (bicyclic) bond motifs is 1. The second-order valence-electron chi connectivity index (χ2n) is 7.04. The van der Waals surface area contributed by atoms with Crippen LogP contribution in [0.5, 0.6) is 0 Å². The van der Waals surface area contributed by atoms with Crippen LogP contribution in [0.15, 0.2) is 47.4 Å². The number of carbonyl (C=O) groups excluding carboxylic acids is 1. The van der Waals surface area contributed by atoms with Crippen LogP contribution in [0.3, 0.4) is 0 Å². The number of anilines is 2. The number of halogens is 1. The minimum absolute atomic E-state index is 0.0343. The van der Waals surface area contributed by atoms with E-state index in [4.69, 9.17) is 0 Å². The first-order valence-corrected chi connectivity index (χ1v) is 11.6. The average Bonchev–Trinajstić information content (AvgIpc) is 3.14. The van der Waals surface area contributed by atoms with Gasteiger partial charge in [-0.05, 0) is 61.7 Å². The maximum absolute atomic E-state index is 13.2. The predicted octanol–water partition coefficient (Wildman–Crippen LogP) is 2.42. The van der Waals surface area contributed by atoms with Crippen molar-refractivity contribution in [2.24, 2.45) is 0 Å². The van der Waals surface area contributed by atoms with Crippen LogP contribution in [-0.2, 0) is 21.2 Å². The number of nitrogens with zero attached hydrogens (tertiary/aromatic N) is 1. The quantitative estimate of drug-likeness (QED) is 0.638. The summed E-state index contributed by atoms with van der Waals surface area (Å²) >= 11 is 1.30. The van der Waals surface area contributed by atoms with Gasteiger partial charge in [0.05, 0.1) is 10.6 Å². The first kappa shape index (κ1) is 20.1. The van der Waals surface area contributed by atoms with Crippen LogP contribution < -0.4 is 19.9 Å². The molecule has 3 N–H and O–H groups in total.